The molecule has 2 aromatic heterocycles. The molecule has 0 aliphatic carbocycles. The fraction of sp³-hybridized carbons (Fsp3) is 0.174. The Kier molecular flexibility index (Phi) is 6.30. The Balaban J connectivity index is 1.45. The summed E-state index contributed by atoms with van der Waals surface area (Å²) in [6.45, 7) is 1.95. The first-order valence-corrected chi connectivity index (χ1v) is 11.3. The Morgan fingerprint density at radius 1 is 1.13 bits per heavy atom. The number of nitrogens with zero attached hydrogens (tertiary/aromatic N) is 2. The van der Waals surface area contributed by atoms with Gasteiger partial charge in [0.15, 0.2) is 0 Å². The second kappa shape index (κ2) is 9.28. The molecule has 152 valence electrons. The summed E-state index contributed by atoms with van der Waals surface area (Å²) < 4.78 is 5.39. The molecular formula is C23H21N3O2S2. The largest absolute Gasteiger partial charge is 0.496 e. The van der Waals surface area contributed by atoms with Gasteiger partial charge in [-0.3, -0.25) is 4.79 Å². The monoisotopic (exact) mass is 435 g/mol. The maximum atomic E-state index is 12.5. The predicted molar refractivity (Wildman–Crippen MR) is 123 cm³/mol. The van der Waals surface area contributed by atoms with Crippen LogP contribution < -0.4 is 10.1 Å². The number of thiophene rings is 1. The lowest BCUT2D eigenvalue weighted by molar-refractivity contribution is -0.119. The number of hydrogen-bond acceptors (Lipinski definition) is 6. The first kappa shape index (κ1) is 20.4. The van der Waals surface area contributed by atoms with Crippen LogP contribution in [-0.4, -0.2) is 28.7 Å². The SMILES string of the molecule is COc1ccccc1C(C)NC(=O)CSc1ncnc2sc(-c3ccccc3)cc12. The minimum Gasteiger partial charge on any atom is -0.496 e. The van der Waals surface area contributed by atoms with E-state index < -0.39 is 0 Å². The summed E-state index contributed by atoms with van der Waals surface area (Å²) in [5.41, 5.74) is 2.10. The highest BCUT2D eigenvalue weighted by Gasteiger charge is 2.16. The van der Waals surface area contributed by atoms with E-state index in [1.165, 1.54) is 11.8 Å². The third-order valence-electron chi connectivity index (χ3n) is 4.67. The Morgan fingerprint density at radius 2 is 1.90 bits per heavy atom. The lowest BCUT2D eigenvalue weighted by Gasteiger charge is -2.17. The molecule has 2 aromatic carbocycles. The summed E-state index contributed by atoms with van der Waals surface area (Å²) in [4.78, 5) is 23.4. The van der Waals surface area contributed by atoms with Gasteiger partial charge in [-0.2, -0.15) is 0 Å². The summed E-state index contributed by atoms with van der Waals surface area (Å²) in [5, 5.41) is 4.84. The Bertz CT molecular complexity index is 1160. The van der Waals surface area contributed by atoms with Gasteiger partial charge in [0, 0.05) is 15.8 Å². The molecule has 1 N–H and O–H groups in total. The van der Waals surface area contributed by atoms with Crippen molar-refractivity contribution in [1.82, 2.24) is 15.3 Å². The van der Waals surface area contributed by atoms with Gasteiger partial charge in [0.1, 0.15) is 21.9 Å². The summed E-state index contributed by atoms with van der Waals surface area (Å²) >= 11 is 3.06. The third-order valence-corrected chi connectivity index (χ3v) is 6.77. The molecule has 2 heterocycles. The van der Waals surface area contributed by atoms with E-state index in [1.807, 2.05) is 49.4 Å². The number of rotatable bonds is 7. The van der Waals surface area contributed by atoms with Gasteiger partial charge in [0.05, 0.1) is 18.9 Å². The van der Waals surface area contributed by atoms with Gasteiger partial charge >= 0.3 is 0 Å². The average Bonchev–Trinajstić information content (AvgIpc) is 3.23. The van der Waals surface area contributed by atoms with Crippen LogP contribution in [0.2, 0.25) is 0 Å². The number of fused-ring (bicyclic) bond motifs is 1. The van der Waals surface area contributed by atoms with Gasteiger partial charge in [0.25, 0.3) is 0 Å². The number of carbonyl (C=O) groups is 1. The van der Waals surface area contributed by atoms with Crippen LogP contribution in [-0.2, 0) is 4.79 Å². The molecule has 5 nitrogen and oxygen atoms in total. The van der Waals surface area contributed by atoms with E-state index in [9.17, 15) is 4.79 Å². The molecule has 0 aliphatic heterocycles. The molecule has 30 heavy (non-hydrogen) atoms. The van der Waals surface area contributed by atoms with Gasteiger partial charge in [-0.15, -0.1) is 11.3 Å². The summed E-state index contributed by atoms with van der Waals surface area (Å²) in [7, 11) is 1.63. The zero-order valence-electron chi connectivity index (χ0n) is 16.7. The Labute approximate surface area is 183 Å². The molecule has 0 radical (unpaired) electrons. The van der Waals surface area contributed by atoms with Crippen molar-refractivity contribution >= 4 is 39.2 Å². The zero-order chi connectivity index (χ0) is 20.9. The van der Waals surface area contributed by atoms with Crippen LogP contribution in [0.25, 0.3) is 20.7 Å². The Morgan fingerprint density at radius 3 is 2.70 bits per heavy atom. The lowest BCUT2D eigenvalue weighted by atomic mass is 10.1. The van der Waals surface area contributed by atoms with Crippen LogP contribution in [0.1, 0.15) is 18.5 Å². The van der Waals surface area contributed by atoms with Crippen molar-refractivity contribution in [3.05, 3.63) is 72.6 Å². The fourth-order valence-electron chi connectivity index (χ4n) is 3.21. The van der Waals surface area contributed by atoms with Crippen LogP contribution in [0.4, 0.5) is 0 Å². The third kappa shape index (κ3) is 4.47. The number of para-hydroxylation sites is 1. The number of ether oxygens (including phenoxy) is 1. The molecule has 0 fully saturated rings. The molecule has 0 saturated heterocycles. The number of aromatic nitrogens is 2. The van der Waals surface area contributed by atoms with E-state index in [0.717, 1.165) is 37.0 Å². The Hall–Kier alpha value is -2.90. The zero-order valence-corrected chi connectivity index (χ0v) is 18.3. The summed E-state index contributed by atoms with van der Waals surface area (Å²) in [5.74, 6) is 0.994. The first-order chi connectivity index (χ1) is 14.7. The van der Waals surface area contributed by atoms with Crippen molar-refractivity contribution in [3.63, 3.8) is 0 Å². The average molecular weight is 436 g/mol. The maximum absolute atomic E-state index is 12.5. The maximum Gasteiger partial charge on any atom is 0.230 e. The van der Waals surface area contributed by atoms with Crippen molar-refractivity contribution < 1.29 is 9.53 Å². The van der Waals surface area contributed by atoms with Crippen LogP contribution in [0.3, 0.4) is 0 Å². The molecule has 1 amide bonds. The molecule has 7 heteroatoms. The number of carbonyl (C=O) groups excluding carboxylic acids is 1. The van der Waals surface area contributed by atoms with Gasteiger partial charge in [-0.05, 0) is 24.6 Å². The van der Waals surface area contributed by atoms with Crippen molar-refractivity contribution in [2.45, 2.75) is 18.0 Å². The number of thioether (sulfide) groups is 1. The molecule has 4 aromatic rings. The first-order valence-electron chi connectivity index (χ1n) is 9.50. The van der Waals surface area contributed by atoms with Crippen molar-refractivity contribution in [2.24, 2.45) is 0 Å². The van der Waals surface area contributed by atoms with Gasteiger partial charge in [-0.25, -0.2) is 9.97 Å². The predicted octanol–water partition coefficient (Wildman–Crippen LogP) is 5.34. The molecule has 0 spiro atoms. The molecule has 0 saturated carbocycles. The minimum atomic E-state index is -0.148. The normalized spacial score (nSPS) is 11.9. The second-order valence-corrected chi connectivity index (χ2v) is 8.69. The molecule has 1 atom stereocenters. The van der Waals surface area contributed by atoms with Crippen molar-refractivity contribution in [3.8, 4) is 16.2 Å². The van der Waals surface area contributed by atoms with Crippen LogP contribution in [0.15, 0.2) is 72.0 Å². The van der Waals surface area contributed by atoms with Gasteiger partial charge in [-0.1, -0.05) is 60.3 Å². The van der Waals surface area contributed by atoms with Crippen LogP contribution in [0.5, 0.6) is 5.75 Å². The lowest BCUT2D eigenvalue weighted by Crippen LogP contribution is -2.28. The number of hydrogen-bond donors (Lipinski definition) is 1. The van der Waals surface area contributed by atoms with E-state index in [1.54, 1.807) is 24.8 Å². The van der Waals surface area contributed by atoms with E-state index in [0.29, 0.717) is 0 Å². The smallest absolute Gasteiger partial charge is 0.230 e. The quantitative estimate of drug-likeness (QED) is 0.314. The highest BCUT2D eigenvalue weighted by atomic mass is 32.2. The molecule has 1 unspecified atom stereocenters. The number of methoxy groups -OCH3 is 1. The van der Waals surface area contributed by atoms with Gasteiger partial charge in [0.2, 0.25) is 5.91 Å². The van der Waals surface area contributed by atoms with Gasteiger partial charge < -0.3 is 10.1 Å². The second-order valence-electron chi connectivity index (χ2n) is 6.69. The molecule has 0 bridgehead atoms. The highest BCUT2D eigenvalue weighted by molar-refractivity contribution is 8.00. The number of amides is 1. The standard InChI is InChI=1S/C23H21N3O2S2/c1-15(17-10-6-7-11-19(17)28-2)26-21(27)13-29-22-18-12-20(16-8-4-3-5-9-16)30-23(18)25-14-24-22/h3-12,14-15H,13H2,1-2H3,(H,26,27). The topological polar surface area (TPSA) is 64.1 Å². The van der Waals surface area contributed by atoms with Crippen molar-refractivity contribution in [1.29, 1.82) is 0 Å². The van der Waals surface area contributed by atoms with Crippen LogP contribution >= 0.6 is 23.1 Å². The minimum absolute atomic E-state index is 0.0521. The van der Waals surface area contributed by atoms with Crippen molar-refractivity contribution in [2.75, 3.05) is 12.9 Å². The molecule has 0 aliphatic rings. The molecular weight excluding hydrogens is 414 g/mol. The number of nitrogens with one attached hydrogen (secondary N) is 1. The van der Waals surface area contributed by atoms with E-state index in [4.69, 9.17) is 4.74 Å². The summed E-state index contributed by atoms with van der Waals surface area (Å²) in [6.07, 6.45) is 1.56. The molecule has 4 rings (SSSR count). The van der Waals surface area contributed by atoms with E-state index >= 15 is 0 Å². The number of benzene rings is 2. The van der Waals surface area contributed by atoms with Crippen LogP contribution in [0, 0.1) is 0 Å². The fourth-order valence-corrected chi connectivity index (χ4v) is 5.07. The van der Waals surface area contributed by atoms with E-state index in [2.05, 4.69) is 33.5 Å². The summed E-state index contributed by atoms with van der Waals surface area (Å²) in [6, 6.07) is 19.9. The van der Waals surface area contributed by atoms with E-state index in [-0.39, 0.29) is 17.7 Å². The highest BCUT2D eigenvalue weighted by Crippen LogP contribution is 2.36.